The van der Waals surface area contributed by atoms with Crippen LogP contribution in [0.15, 0.2) is 30.9 Å². The van der Waals surface area contributed by atoms with Gasteiger partial charge in [0.25, 0.3) is 5.91 Å². The minimum Gasteiger partial charge on any atom is -0.465 e. The fraction of sp³-hybridized carbons (Fsp3) is 0.412. The first-order valence-electron chi connectivity index (χ1n) is 8.05. The van der Waals surface area contributed by atoms with Crippen LogP contribution in [-0.4, -0.2) is 44.5 Å². The van der Waals surface area contributed by atoms with E-state index in [1.165, 1.54) is 0 Å². The predicted molar refractivity (Wildman–Crippen MR) is 86.3 cm³/mol. The maximum Gasteiger partial charge on any atom is 0.316 e. The molecule has 0 fully saturated rings. The van der Waals surface area contributed by atoms with Crippen molar-refractivity contribution in [3.05, 3.63) is 47.8 Å². The highest BCUT2D eigenvalue weighted by Crippen LogP contribution is 2.29. The number of nitrogens with zero attached hydrogens (tertiary/aromatic N) is 4. The summed E-state index contributed by atoms with van der Waals surface area (Å²) in [7, 11) is 0. The van der Waals surface area contributed by atoms with Gasteiger partial charge in [-0.05, 0) is 26.0 Å². The van der Waals surface area contributed by atoms with Crippen molar-refractivity contribution in [3.8, 4) is 0 Å². The molecule has 7 heteroatoms. The molecular formula is C17H20N4O3. The van der Waals surface area contributed by atoms with Crippen LogP contribution in [-0.2, 0) is 22.6 Å². The highest BCUT2D eigenvalue weighted by Gasteiger charge is 2.37. The number of pyridine rings is 1. The number of fused-ring (bicyclic) bond motifs is 1. The molecule has 0 unspecified atom stereocenters. The summed E-state index contributed by atoms with van der Waals surface area (Å²) < 4.78 is 7.16. The third-order valence-electron chi connectivity index (χ3n) is 4.16. The Morgan fingerprint density at radius 1 is 1.29 bits per heavy atom. The van der Waals surface area contributed by atoms with Crippen molar-refractivity contribution in [2.45, 2.75) is 32.9 Å². The van der Waals surface area contributed by atoms with E-state index in [-0.39, 0.29) is 11.9 Å². The molecule has 0 bridgehead atoms. The minimum absolute atomic E-state index is 0.136. The van der Waals surface area contributed by atoms with Gasteiger partial charge >= 0.3 is 5.97 Å². The second kappa shape index (κ2) is 6.82. The number of ether oxygens (including phenoxy) is 1. The average molecular weight is 328 g/mol. The lowest BCUT2D eigenvalue weighted by molar-refractivity contribution is -0.145. The Morgan fingerprint density at radius 3 is 2.71 bits per heavy atom. The maximum atomic E-state index is 12.7. The molecule has 0 aromatic carbocycles. The smallest absolute Gasteiger partial charge is 0.316 e. The summed E-state index contributed by atoms with van der Waals surface area (Å²) in [6.45, 7) is 5.48. The third-order valence-corrected chi connectivity index (χ3v) is 4.16. The van der Waals surface area contributed by atoms with Crippen molar-refractivity contribution >= 4 is 11.9 Å². The molecule has 1 aliphatic rings. The van der Waals surface area contributed by atoms with E-state index in [1.807, 2.05) is 11.5 Å². The van der Waals surface area contributed by atoms with Crippen molar-refractivity contribution < 1.29 is 14.3 Å². The first-order chi connectivity index (χ1) is 11.7. The van der Waals surface area contributed by atoms with Crippen molar-refractivity contribution in [2.75, 3.05) is 13.2 Å². The minimum atomic E-state index is -0.512. The molecule has 0 N–H and O–H groups in total. The second-order valence-electron chi connectivity index (χ2n) is 5.59. The molecule has 0 saturated carbocycles. The van der Waals surface area contributed by atoms with Crippen molar-refractivity contribution in [1.29, 1.82) is 0 Å². The van der Waals surface area contributed by atoms with Gasteiger partial charge < -0.3 is 14.2 Å². The van der Waals surface area contributed by atoms with Crippen LogP contribution in [0.25, 0.3) is 0 Å². The highest BCUT2D eigenvalue weighted by atomic mass is 16.5. The summed E-state index contributed by atoms with van der Waals surface area (Å²) in [4.78, 5) is 35.1. The number of hydrogen-bond acceptors (Lipinski definition) is 5. The first kappa shape index (κ1) is 16.2. The van der Waals surface area contributed by atoms with Crippen LogP contribution >= 0.6 is 0 Å². The Labute approximate surface area is 140 Å². The van der Waals surface area contributed by atoms with E-state index in [0.717, 1.165) is 17.9 Å². The van der Waals surface area contributed by atoms with Gasteiger partial charge in [0.2, 0.25) is 0 Å². The zero-order chi connectivity index (χ0) is 17.1. The molecule has 1 amide bonds. The van der Waals surface area contributed by atoms with E-state index in [0.29, 0.717) is 25.3 Å². The Balaban J connectivity index is 1.93. The van der Waals surface area contributed by atoms with Gasteiger partial charge in [-0.25, -0.2) is 4.98 Å². The molecule has 3 rings (SSSR count). The van der Waals surface area contributed by atoms with Crippen LogP contribution in [0.1, 0.15) is 41.5 Å². The summed E-state index contributed by atoms with van der Waals surface area (Å²) in [5, 5.41) is 0. The molecular weight excluding hydrogens is 308 g/mol. The van der Waals surface area contributed by atoms with Crippen molar-refractivity contribution in [1.82, 2.24) is 19.4 Å². The van der Waals surface area contributed by atoms with E-state index in [1.54, 1.807) is 42.7 Å². The summed E-state index contributed by atoms with van der Waals surface area (Å²) in [6, 6.07) is 3.34. The lowest BCUT2D eigenvalue weighted by Crippen LogP contribution is -2.41. The Morgan fingerprint density at radius 2 is 2.04 bits per heavy atom. The fourth-order valence-corrected chi connectivity index (χ4v) is 3.02. The molecule has 2 aromatic heterocycles. The monoisotopic (exact) mass is 328 g/mol. The molecule has 3 heterocycles. The molecule has 1 atom stereocenters. The SMILES string of the molecule is CCOC(=O)[C@@H]1CN(C(=O)c2ccncc2)Cc2ncn(CC)c21. The number of hydrogen-bond donors (Lipinski definition) is 0. The molecule has 7 nitrogen and oxygen atoms in total. The van der Waals surface area contributed by atoms with E-state index < -0.39 is 5.92 Å². The number of aryl methyl sites for hydroxylation is 1. The molecule has 1 aliphatic heterocycles. The summed E-state index contributed by atoms with van der Waals surface area (Å²) in [5.74, 6) is -0.966. The molecule has 126 valence electrons. The van der Waals surface area contributed by atoms with Crippen LogP contribution in [0, 0.1) is 0 Å². The van der Waals surface area contributed by atoms with Gasteiger partial charge in [-0.1, -0.05) is 0 Å². The Kier molecular flexibility index (Phi) is 4.59. The van der Waals surface area contributed by atoms with Gasteiger partial charge in [0.15, 0.2) is 0 Å². The number of imidazole rings is 1. The zero-order valence-electron chi connectivity index (χ0n) is 13.8. The topological polar surface area (TPSA) is 77.3 Å². The fourth-order valence-electron chi connectivity index (χ4n) is 3.02. The van der Waals surface area contributed by atoms with Gasteiger partial charge in [-0.3, -0.25) is 14.6 Å². The number of carbonyl (C=O) groups excluding carboxylic acids is 2. The van der Waals surface area contributed by atoms with Crippen LogP contribution in [0.4, 0.5) is 0 Å². The molecule has 0 radical (unpaired) electrons. The maximum absolute atomic E-state index is 12.7. The van der Waals surface area contributed by atoms with E-state index in [9.17, 15) is 9.59 Å². The van der Waals surface area contributed by atoms with Crippen LogP contribution in [0.5, 0.6) is 0 Å². The number of esters is 1. The summed E-state index contributed by atoms with van der Waals surface area (Å²) in [5.41, 5.74) is 2.16. The van der Waals surface area contributed by atoms with Crippen molar-refractivity contribution in [2.24, 2.45) is 0 Å². The number of carbonyl (C=O) groups is 2. The van der Waals surface area contributed by atoms with E-state index in [4.69, 9.17) is 4.74 Å². The zero-order valence-corrected chi connectivity index (χ0v) is 13.8. The van der Waals surface area contributed by atoms with Crippen LogP contribution < -0.4 is 0 Å². The number of rotatable bonds is 4. The average Bonchev–Trinajstić information content (AvgIpc) is 3.04. The van der Waals surface area contributed by atoms with Crippen LogP contribution in [0.2, 0.25) is 0 Å². The molecule has 24 heavy (non-hydrogen) atoms. The summed E-state index contributed by atoms with van der Waals surface area (Å²) in [6.07, 6.45) is 4.88. The van der Waals surface area contributed by atoms with E-state index in [2.05, 4.69) is 9.97 Å². The second-order valence-corrected chi connectivity index (χ2v) is 5.59. The highest BCUT2D eigenvalue weighted by molar-refractivity contribution is 5.94. The largest absolute Gasteiger partial charge is 0.465 e. The Hall–Kier alpha value is -2.70. The molecule has 0 aliphatic carbocycles. The van der Waals surface area contributed by atoms with Gasteiger partial charge in [0.1, 0.15) is 5.92 Å². The quantitative estimate of drug-likeness (QED) is 0.797. The van der Waals surface area contributed by atoms with Gasteiger partial charge in [-0.2, -0.15) is 0 Å². The lowest BCUT2D eigenvalue weighted by Gasteiger charge is -2.32. The predicted octanol–water partition coefficient (Wildman–Crippen LogP) is 1.60. The lowest BCUT2D eigenvalue weighted by atomic mass is 9.97. The first-order valence-corrected chi connectivity index (χ1v) is 8.05. The van der Waals surface area contributed by atoms with Gasteiger partial charge in [0, 0.05) is 31.0 Å². The standard InChI is InChI=1S/C17H20N4O3/c1-3-20-11-19-14-10-21(16(22)12-5-7-18-8-6-12)9-13(15(14)20)17(23)24-4-2/h5-8,11,13H,3-4,9-10H2,1-2H3/t13-/m1/s1. The number of aromatic nitrogens is 3. The molecule has 0 spiro atoms. The van der Waals surface area contributed by atoms with E-state index >= 15 is 0 Å². The number of amides is 1. The summed E-state index contributed by atoms with van der Waals surface area (Å²) >= 11 is 0. The molecule has 2 aromatic rings. The molecule has 0 saturated heterocycles. The van der Waals surface area contributed by atoms with Gasteiger partial charge in [0.05, 0.1) is 30.9 Å². The van der Waals surface area contributed by atoms with Gasteiger partial charge in [-0.15, -0.1) is 0 Å². The Bertz CT molecular complexity index is 742. The third kappa shape index (κ3) is 2.89. The van der Waals surface area contributed by atoms with Crippen molar-refractivity contribution in [3.63, 3.8) is 0 Å². The normalized spacial score (nSPS) is 16.6. The van der Waals surface area contributed by atoms with Crippen LogP contribution in [0.3, 0.4) is 0 Å².